The maximum Gasteiger partial charge on any atom is 0.248 e. The van der Waals surface area contributed by atoms with Gasteiger partial charge in [0.25, 0.3) is 0 Å². The molecular weight excluding hydrogens is 196 g/mol. The largest absolute Gasteiger partial charge is 0.378 e. The normalized spacial score (nSPS) is 10.3. The summed E-state index contributed by atoms with van der Waals surface area (Å²) in [5.41, 5.74) is 5.24. The molecular formula is C10H22N2O3. The molecule has 0 aromatic carbocycles. The van der Waals surface area contributed by atoms with Gasteiger partial charge < -0.3 is 20.1 Å². The van der Waals surface area contributed by atoms with Crippen molar-refractivity contribution in [3.05, 3.63) is 0 Å². The predicted molar refractivity (Wildman–Crippen MR) is 58.6 cm³/mol. The van der Waals surface area contributed by atoms with Gasteiger partial charge in [0.2, 0.25) is 5.91 Å². The fraction of sp³-hybridized carbons (Fsp3) is 0.900. The van der Waals surface area contributed by atoms with E-state index in [2.05, 4.69) is 0 Å². The molecule has 5 nitrogen and oxygen atoms in total. The van der Waals surface area contributed by atoms with Crippen LogP contribution in [0.4, 0.5) is 0 Å². The molecule has 90 valence electrons. The average Bonchev–Trinajstić information content (AvgIpc) is 2.25. The molecule has 0 aliphatic carbocycles. The second-order valence-corrected chi connectivity index (χ2v) is 3.02. The van der Waals surface area contributed by atoms with Crippen molar-refractivity contribution in [2.75, 3.05) is 46.1 Å². The van der Waals surface area contributed by atoms with Crippen molar-refractivity contribution in [3.8, 4) is 0 Å². The number of nitrogens with zero attached hydrogens (tertiary/aromatic N) is 1. The number of carbonyl (C=O) groups excluding carboxylic acids is 1. The van der Waals surface area contributed by atoms with E-state index < -0.39 is 0 Å². The summed E-state index contributed by atoms with van der Waals surface area (Å²) in [7, 11) is 0. The van der Waals surface area contributed by atoms with Gasteiger partial charge in [-0.3, -0.25) is 4.79 Å². The monoisotopic (exact) mass is 218 g/mol. The third kappa shape index (κ3) is 7.30. The maximum absolute atomic E-state index is 11.4. The molecule has 5 heteroatoms. The topological polar surface area (TPSA) is 64.8 Å². The Balaban J connectivity index is 3.38. The lowest BCUT2D eigenvalue weighted by Crippen LogP contribution is -2.33. The van der Waals surface area contributed by atoms with Gasteiger partial charge in [0.1, 0.15) is 6.61 Å². The number of carbonyl (C=O) groups is 1. The third-order valence-electron chi connectivity index (χ3n) is 1.98. The number of amides is 1. The van der Waals surface area contributed by atoms with E-state index >= 15 is 0 Å². The molecule has 0 fully saturated rings. The molecule has 0 atom stereocenters. The second-order valence-electron chi connectivity index (χ2n) is 3.02. The summed E-state index contributed by atoms with van der Waals surface area (Å²) in [5.74, 6) is 0.0267. The molecule has 0 unspecified atom stereocenters. The molecule has 0 aliphatic heterocycles. The first-order valence-electron chi connectivity index (χ1n) is 5.39. The standard InChI is InChI=1S/C10H22N2O3/c1-3-12(4-2)10(13)9-15-8-7-14-6-5-11/h3-9,11H2,1-2H3. The Hall–Kier alpha value is -0.650. The van der Waals surface area contributed by atoms with Crippen molar-refractivity contribution in [1.82, 2.24) is 4.90 Å². The molecule has 0 spiro atoms. The van der Waals surface area contributed by atoms with E-state index in [1.807, 2.05) is 13.8 Å². The Kier molecular flexibility index (Phi) is 9.46. The average molecular weight is 218 g/mol. The zero-order valence-electron chi connectivity index (χ0n) is 9.70. The number of rotatable bonds is 9. The first kappa shape index (κ1) is 14.3. The van der Waals surface area contributed by atoms with Gasteiger partial charge in [-0.05, 0) is 13.8 Å². The Morgan fingerprint density at radius 1 is 1.13 bits per heavy atom. The van der Waals surface area contributed by atoms with Crippen molar-refractivity contribution < 1.29 is 14.3 Å². The van der Waals surface area contributed by atoms with Crippen LogP contribution in [0.2, 0.25) is 0 Å². The highest BCUT2D eigenvalue weighted by atomic mass is 16.5. The zero-order chi connectivity index (χ0) is 11.5. The van der Waals surface area contributed by atoms with Crippen molar-refractivity contribution in [2.45, 2.75) is 13.8 Å². The van der Waals surface area contributed by atoms with Crippen molar-refractivity contribution in [3.63, 3.8) is 0 Å². The molecule has 0 saturated heterocycles. The summed E-state index contributed by atoms with van der Waals surface area (Å²) in [4.78, 5) is 13.2. The van der Waals surface area contributed by atoms with Gasteiger partial charge in [-0.25, -0.2) is 0 Å². The number of likely N-dealkylation sites (N-methyl/N-ethyl adjacent to an activating group) is 1. The summed E-state index contributed by atoms with van der Waals surface area (Å²) in [6, 6.07) is 0. The van der Waals surface area contributed by atoms with E-state index in [1.54, 1.807) is 4.90 Å². The molecule has 0 aromatic rings. The van der Waals surface area contributed by atoms with Gasteiger partial charge in [0, 0.05) is 19.6 Å². The minimum atomic E-state index is 0.0267. The summed E-state index contributed by atoms with van der Waals surface area (Å²) in [6.07, 6.45) is 0. The lowest BCUT2D eigenvalue weighted by molar-refractivity contribution is -0.136. The molecule has 0 bridgehead atoms. The highest BCUT2D eigenvalue weighted by molar-refractivity contribution is 5.77. The van der Waals surface area contributed by atoms with Crippen LogP contribution in [-0.4, -0.2) is 56.9 Å². The molecule has 1 amide bonds. The molecule has 2 N–H and O–H groups in total. The lowest BCUT2D eigenvalue weighted by Gasteiger charge is -2.18. The van der Waals surface area contributed by atoms with Gasteiger partial charge in [-0.1, -0.05) is 0 Å². The van der Waals surface area contributed by atoms with Gasteiger partial charge in [0.15, 0.2) is 0 Å². The molecule has 15 heavy (non-hydrogen) atoms. The summed E-state index contributed by atoms with van der Waals surface area (Å²) in [5, 5.41) is 0. The minimum absolute atomic E-state index is 0.0267. The molecule has 0 radical (unpaired) electrons. The summed E-state index contributed by atoms with van der Waals surface area (Å²) < 4.78 is 10.3. The highest BCUT2D eigenvalue weighted by Gasteiger charge is 2.08. The maximum atomic E-state index is 11.4. The Morgan fingerprint density at radius 3 is 2.27 bits per heavy atom. The SMILES string of the molecule is CCN(CC)C(=O)COCCOCCN. The first-order chi connectivity index (χ1) is 7.26. The van der Waals surface area contributed by atoms with E-state index in [-0.39, 0.29) is 12.5 Å². The van der Waals surface area contributed by atoms with E-state index in [9.17, 15) is 4.79 Å². The predicted octanol–water partition coefficient (Wildman–Crippen LogP) is -0.153. The minimum Gasteiger partial charge on any atom is -0.378 e. The van der Waals surface area contributed by atoms with Crippen LogP contribution in [0.3, 0.4) is 0 Å². The number of hydrogen-bond acceptors (Lipinski definition) is 4. The van der Waals surface area contributed by atoms with Crippen LogP contribution in [0.25, 0.3) is 0 Å². The number of nitrogens with two attached hydrogens (primary N) is 1. The zero-order valence-corrected chi connectivity index (χ0v) is 9.70. The summed E-state index contributed by atoms with van der Waals surface area (Å²) in [6.45, 7) is 7.46. The molecule has 0 heterocycles. The van der Waals surface area contributed by atoms with E-state index in [1.165, 1.54) is 0 Å². The Morgan fingerprint density at radius 2 is 1.73 bits per heavy atom. The van der Waals surface area contributed by atoms with Crippen LogP contribution in [0.5, 0.6) is 0 Å². The number of ether oxygens (including phenoxy) is 2. The third-order valence-corrected chi connectivity index (χ3v) is 1.98. The van der Waals surface area contributed by atoms with Gasteiger partial charge >= 0.3 is 0 Å². The van der Waals surface area contributed by atoms with Crippen molar-refractivity contribution >= 4 is 5.91 Å². The fourth-order valence-corrected chi connectivity index (χ4v) is 1.13. The van der Waals surface area contributed by atoms with Crippen LogP contribution in [0.15, 0.2) is 0 Å². The number of hydrogen-bond donors (Lipinski definition) is 1. The summed E-state index contributed by atoms with van der Waals surface area (Å²) >= 11 is 0. The van der Waals surface area contributed by atoms with Gasteiger partial charge in [-0.2, -0.15) is 0 Å². The molecule has 0 rings (SSSR count). The van der Waals surface area contributed by atoms with Crippen LogP contribution in [0, 0.1) is 0 Å². The van der Waals surface area contributed by atoms with Crippen LogP contribution < -0.4 is 5.73 Å². The van der Waals surface area contributed by atoms with E-state index in [0.717, 1.165) is 13.1 Å². The van der Waals surface area contributed by atoms with Crippen LogP contribution >= 0.6 is 0 Å². The van der Waals surface area contributed by atoms with E-state index in [0.29, 0.717) is 26.4 Å². The van der Waals surface area contributed by atoms with Gasteiger partial charge in [-0.15, -0.1) is 0 Å². The van der Waals surface area contributed by atoms with Crippen LogP contribution in [0.1, 0.15) is 13.8 Å². The fourth-order valence-electron chi connectivity index (χ4n) is 1.13. The second kappa shape index (κ2) is 9.89. The van der Waals surface area contributed by atoms with E-state index in [4.69, 9.17) is 15.2 Å². The van der Waals surface area contributed by atoms with Crippen molar-refractivity contribution in [2.24, 2.45) is 5.73 Å². The Bertz CT molecular complexity index is 161. The van der Waals surface area contributed by atoms with Crippen LogP contribution in [-0.2, 0) is 14.3 Å². The molecule has 0 saturated carbocycles. The first-order valence-corrected chi connectivity index (χ1v) is 5.39. The lowest BCUT2D eigenvalue weighted by atomic mass is 10.4. The Labute approximate surface area is 91.5 Å². The van der Waals surface area contributed by atoms with Gasteiger partial charge in [0.05, 0.1) is 19.8 Å². The molecule has 0 aliphatic rings. The smallest absolute Gasteiger partial charge is 0.248 e. The molecule has 0 aromatic heterocycles. The highest BCUT2D eigenvalue weighted by Crippen LogP contribution is 1.90. The van der Waals surface area contributed by atoms with Crippen molar-refractivity contribution in [1.29, 1.82) is 0 Å². The quantitative estimate of drug-likeness (QED) is 0.546.